The minimum absolute atomic E-state index is 0.270. The minimum Gasteiger partial charge on any atom is -0.444 e. The van der Waals surface area contributed by atoms with Crippen molar-refractivity contribution in [2.24, 2.45) is 0 Å². The van der Waals surface area contributed by atoms with Crippen LogP contribution < -0.4 is 4.90 Å². The summed E-state index contributed by atoms with van der Waals surface area (Å²) in [5.41, 5.74) is -0.0723. The Morgan fingerprint density at radius 2 is 2.05 bits per heavy atom. The van der Waals surface area contributed by atoms with Gasteiger partial charge in [0.15, 0.2) is 0 Å². The average Bonchev–Trinajstić information content (AvgIpc) is 2.71. The van der Waals surface area contributed by atoms with Gasteiger partial charge >= 0.3 is 6.09 Å². The summed E-state index contributed by atoms with van der Waals surface area (Å²) in [6.45, 7) is 8.35. The minimum atomic E-state index is -0.480. The smallest absolute Gasteiger partial charge is 0.410 e. The highest BCUT2D eigenvalue weighted by Crippen LogP contribution is 2.16. The molecule has 118 valence electrons. The molecule has 0 saturated carbocycles. The van der Waals surface area contributed by atoms with Gasteiger partial charge in [0.2, 0.25) is 0 Å². The Kier molecular flexibility index (Phi) is 4.86. The van der Waals surface area contributed by atoms with Crippen LogP contribution in [0, 0.1) is 11.3 Å². The van der Waals surface area contributed by atoms with Crippen LogP contribution in [0.4, 0.5) is 10.6 Å². The highest BCUT2D eigenvalue weighted by atomic mass is 16.6. The predicted molar refractivity (Wildman–Crippen MR) is 83.6 cm³/mol. The number of aromatic nitrogens is 1. The van der Waals surface area contributed by atoms with Gasteiger partial charge < -0.3 is 14.5 Å². The molecular weight excluding hydrogens is 280 g/mol. The first-order chi connectivity index (χ1) is 10.4. The van der Waals surface area contributed by atoms with Crippen LogP contribution in [0.25, 0.3) is 0 Å². The van der Waals surface area contributed by atoms with Crippen LogP contribution in [-0.2, 0) is 4.74 Å². The first kappa shape index (κ1) is 16.1. The molecule has 0 aromatic carbocycles. The number of nitriles is 1. The lowest BCUT2D eigenvalue weighted by Crippen LogP contribution is -2.39. The van der Waals surface area contributed by atoms with Crippen molar-refractivity contribution in [1.29, 1.82) is 5.26 Å². The summed E-state index contributed by atoms with van der Waals surface area (Å²) in [5, 5.41) is 8.94. The highest BCUT2D eigenvalue weighted by molar-refractivity contribution is 5.68. The van der Waals surface area contributed by atoms with E-state index in [9.17, 15) is 4.79 Å². The second-order valence-corrected chi connectivity index (χ2v) is 6.30. The number of amides is 1. The van der Waals surface area contributed by atoms with Crippen molar-refractivity contribution in [2.45, 2.75) is 32.8 Å². The van der Waals surface area contributed by atoms with Crippen molar-refractivity contribution in [3.8, 4) is 6.07 Å². The van der Waals surface area contributed by atoms with Crippen LogP contribution in [0.5, 0.6) is 0 Å². The van der Waals surface area contributed by atoms with Gasteiger partial charge in [0, 0.05) is 26.2 Å². The topological polar surface area (TPSA) is 69.5 Å². The zero-order valence-corrected chi connectivity index (χ0v) is 13.4. The molecule has 6 heteroatoms. The van der Waals surface area contributed by atoms with E-state index in [1.807, 2.05) is 32.9 Å². The fraction of sp³-hybridized carbons (Fsp3) is 0.562. The summed E-state index contributed by atoms with van der Waals surface area (Å²) in [5.74, 6) is 0.782. The van der Waals surface area contributed by atoms with Crippen molar-refractivity contribution in [3.05, 3.63) is 23.9 Å². The van der Waals surface area contributed by atoms with E-state index in [0.717, 1.165) is 18.8 Å². The van der Waals surface area contributed by atoms with E-state index in [0.29, 0.717) is 25.3 Å². The Labute approximate surface area is 131 Å². The summed E-state index contributed by atoms with van der Waals surface area (Å²) in [6.07, 6.45) is 0.575. The molecule has 0 N–H and O–H groups in total. The van der Waals surface area contributed by atoms with E-state index in [4.69, 9.17) is 10.00 Å². The molecule has 1 fully saturated rings. The van der Waals surface area contributed by atoms with Gasteiger partial charge in [-0.15, -0.1) is 0 Å². The summed E-state index contributed by atoms with van der Waals surface area (Å²) in [6, 6.07) is 7.46. The molecule has 0 spiro atoms. The van der Waals surface area contributed by atoms with Gasteiger partial charge in [-0.05, 0) is 39.3 Å². The van der Waals surface area contributed by atoms with E-state index in [-0.39, 0.29) is 6.09 Å². The molecule has 0 atom stereocenters. The normalized spacial score (nSPS) is 15.9. The summed E-state index contributed by atoms with van der Waals surface area (Å²) in [4.78, 5) is 20.3. The van der Waals surface area contributed by atoms with E-state index in [1.165, 1.54) is 0 Å². The van der Waals surface area contributed by atoms with E-state index in [1.54, 1.807) is 11.0 Å². The van der Waals surface area contributed by atoms with Crippen LogP contribution >= 0.6 is 0 Å². The third-order valence-electron chi connectivity index (χ3n) is 3.32. The number of carbonyl (C=O) groups excluding carboxylic acids is 1. The summed E-state index contributed by atoms with van der Waals surface area (Å²) >= 11 is 0. The van der Waals surface area contributed by atoms with E-state index in [2.05, 4.69) is 16.0 Å². The van der Waals surface area contributed by atoms with Gasteiger partial charge in [-0.25, -0.2) is 9.78 Å². The van der Waals surface area contributed by atoms with Crippen LogP contribution in [0.2, 0.25) is 0 Å². The average molecular weight is 302 g/mol. The zero-order chi connectivity index (χ0) is 16.2. The molecule has 1 aliphatic rings. The van der Waals surface area contributed by atoms with Gasteiger partial charge in [-0.1, -0.05) is 6.07 Å². The lowest BCUT2D eigenvalue weighted by Gasteiger charge is -2.26. The standard InChI is InChI=1S/C16H22N4O2/c1-16(2,3)22-15(21)20-9-5-8-19(10-11-20)14-7-4-6-13(12-17)18-14/h4,6-7H,5,8-11H2,1-3H3. The number of carbonyl (C=O) groups is 1. The first-order valence-electron chi connectivity index (χ1n) is 7.49. The Bertz CT molecular complexity index is 574. The fourth-order valence-electron chi connectivity index (χ4n) is 2.32. The zero-order valence-electron chi connectivity index (χ0n) is 13.4. The molecule has 22 heavy (non-hydrogen) atoms. The van der Waals surface area contributed by atoms with Crippen molar-refractivity contribution in [3.63, 3.8) is 0 Å². The van der Waals surface area contributed by atoms with Crippen LogP contribution in [0.1, 0.15) is 32.9 Å². The molecule has 6 nitrogen and oxygen atoms in total. The van der Waals surface area contributed by atoms with Crippen LogP contribution in [-0.4, -0.2) is 47.8 Å². The molecule has 1 saturated heterocycles. The van der Waals surface area contributed by atoms with Gasteiger partial charge in [-0.3, -0.25) is 0 Å². The van der Waals surface area contributed by atoms with Gasteiger partial charge in [0.05, 0.1) is 0 Å². The lowest BCUT2D eigenvalue weighted by atomic mass is 10.2. The Balaban J connectivity index is 2.00. The van der Waals surface area contributed by atoms with Crippen LogP contribution in [0.15, 0.2) is 18.2 Å². The molecule has 0 radical (unpaired) electrons. The SMILES string of the molecule is CC(C)(C)OC(=O)N1CCCN(c2cccc(C#N)n2)CC1. The Morgan fingerprint density at radius 1 is 1.27 bits per heavy atom. The lowest BCUT2D eigenvalue weighted by molar-refractivity contribution is 0.0263. The highest BCUT2D eigenvalue weighted by Gasteiger charge is 2.24. The quantitative estimate of drug-likeness (QED) is 0.796. The molecule has 2 heterocycles. The maximum atomic E-state index is 12.1. The maximum Gasteiger partial charge on any atom is 0.410 e. The van der Waals surface area contributed by atoms with Gasteiger partial charge in [0.25, 0.3) is 0 Å². The maximum absolute atomic E-state index is 12.1. The van der Waals surface area contributed by atoms with Crippen molar-refractivity contribution in [1.82, 2.24) is 9.88 Å². The largest absolute Gasteiger partial charge is 0.444 e. The monoisotopic (exact) mass is 302 g/mol. The van der Waals surface area contributed by atoms with Gasteiger partial charge in [0.1, 0.15) is 23.2 Å². The molecule has 2 rings (SSSR count). The Morgan fingerprint density at radius 3 is 2.73 bits per heavy atom. The second-order valence-electron chi connectivity index (χ2n) is 6.30. The third-order valence-corrected chi connectivity index (χ3v) is 3.32. The predicted octanol–water partition coefficient (Wildman–Crippen LogP) is 2.40. The molecular formula is C16H22N4O2. The van der Waals surface area contributed by atoms with Crippen LogP contribution in [0.3, 0.4) is 0 Å². The molecule has 0 aliphatic carbocycles. The number of rotatable bonds is 1. The molecule has 0 unspecified atom stereocenters. The van der Waals surface area contributed by atoms with E-state index >= 15 is 0 Å². The molecule has 1 aliphatic heterocycles. The first-order valence-corrected chi connectivity index (χ1v) is 7.49. The number of pyridine rings is 1. The number of hydrogen-bond donors (Lipinski definition) is 0. The van der Waals surface area contributed by atoms with Crippen molar-refractivity contribution < 1.29 is 9.53 Å². The summed E-state index contributed by atoms with van der Waals surface area (Å²) in [7, 11) is 0. The number of hydrogen-bond acceptors (Lipinski definition) is 5. The number of anilines is 1. The Hall–Kier alpha value is -2.29. The van der Waals surface area contributed by atoms with Crippen molar-refractivity contribution >= 4 is 11.9 Å². The molecule has 0 bridgehead atoms. The second kappa shape index (κ2) is 6.65. The van der Waals surface area contributed by atoms with Gasteiger partial charge in [-0.2, -0.15) is 5.26 Å². The van der Waals surface area contributed by atoms with E-state index < -0.39 is 5.60 Å². The fourth-order valence-corrected chi connectivity index (χ4v) is 2.32. The summed E-state index contributed by atoms with van der Waals surface area (Å²) < 4.78 is 5.42. The molecule has 1 aromatic rings. The van der Waals surface area contributed by atoms with Crippen molar-refractivity contribution in [2.75, 3.05) is 31.1 Å². The molecule has 1 amide bonds. The molecule has 1 aromatic heterocycles. The number of ether oxygens (including phenoxy) is 1. The number of nitrogens with zero attached hydrogens (tertiary/aromatic N) is 4. The third kappa shape index (κ3) is 4.35.